The first kappa shape index (κ1) is 7.84. The van der Waals surface area contributed by atoms with Crippen LogP contribution in [0.25, 0.3) is 0 Å². The number of rotatable bonds is 2. The van der Waals surface area contributed by atoms with Crippen LogP contribution in [-0.2, 0) is 6.42 Å². The lowest BCUT2D eigenvalue weighted by Crippen LogP contribution is -1.77. The molecule has 0 spiro atoms. The van der Waals surface area contributed by atoms with Crippen LogP contribution in [0.5, 0.6) is 0 Å². The Balaban J connectivity index is 2.59. The van der Waals surface area contributed by atoms with Gasteiger partial charge in [0, 0.05) is 12.5 Å². The molecule has 0 nitrogen and oxygen atoms in total. The van der Waals surface area contributed by atoms with E-state index in [1.165, 1.54) is 5.56 Å². The minimum absolute atomic E-state index is 0.852. The summed E-state index contributed by atoms with van der Waals surface area (Å²) in [6.07, 6.45) is 5.76. The fraction of sp³-hybridized carbons (Fsp3) is 0.182. The van der Waals surface area contributed by atoms with Crippen LogP contribution in [0, 0.1) is 6.08 Å². The smallest absolute Gasteiger partial charge is 0.00924 e. The molecule has 1 aromatic rings. The topological polar surface area (TPSA) is 0 Å². The van der Waals surface area contributed by atoms with Crippen molar-refractivity contribution >= 4 is 0 Å². The van der Waals surface area contributed by atoms with Crippen molar-refractivity contribution in [3.8, 4) is 0 Å². The molecule has 0 aromatic heterocycles. The predicted molar refractivity (Wildman–Crippen MR) is 47.1 cm³/mol. The minimum Gasteiger partial charge on any atom is -0.121 e. The summed E-state index contributed by atoms with van der Waals surface area (Å²) in [7, 11) is 0. The Morgan fingerprint density at radius 2 is 2.00 bits per heavy atom. The number of hydrogen-bond acceptors (Lipinski definition) is 0. The predicted octanol–water partition coefficient (Wildman–Crippen LogP) is 2.76. The van der Waals surface area contributed by atoms with Gasteiger partial charge in [0.15, 0.2) is 0 Å². The molecule has 0 unspecified atom stereocenters. The highest BCUT2D eigenvalue weighted by Crippen LogP contribution is 1.98. The second-order valence-corrected chi connectivity index (χ2v) is 2.27. The van der Waals surface area contributed by atoms with Gasteiger partial charge in [-0.1, -0.05) is 30.3 Å². The Kier molecular flexibility index (Phi) is 3.24. The van der Waals surface area contributed by atoms with Gasteiger partial charge in [-0.15, -0.1) is 5.73 Å². The van der Waals surface area contributed by atoms with Gasteiger partial charge in [0.25, 0.3) is 0 Å². The third kappa shape index (κ3) is 2.88. The Bertz CT molecular complexity index is 251. The molecular weight excluding hydrogens is 132 g/mol. The molecule has 0 saturated heterocycles. The van der Waals surface area contributed by atoms with E-state index in [1.807, 2.05) is 31.2 Å². The van der Waals surface area contributed by atoms with Gasteiger partial charge in [0.2, 0.25) is 0 Å². The van der Waals surface area contributed by atoms with E-state index in [1.54, 1.807) is 0 Å². The highest BCUT2D eigenvalue weighted by molar-refractivity contribution is 5.15. The van der Waals surface area contributed by atoms with Crippen molar-refractivity contribution in [1.29, 1.82) is 0 Å². The van der Waals surface area contributed by atoms with Crippen molar-refractivity contribution in [3.05, 3.63) is 53.8 Å². The molecule has 11 heavy (non-hydrogen) atoms. The number of benzene rings is 1. The lowest BCUT2D eigenvalue weighted by molar-refractivity contribution is 1.24. The molecule has 0 amide bonds. The zero-order valence-electron chi connectivity index (χ0n) is 6.67. The standard InChI is InChI=1S/C11H11/c1-2-3-5-8-11-9-6-4-7-10-11/h2,4,6-7,9-10H,8H2,1H3. The van der Waals surface area contributed by atoms with Crippen LogP contribution in [0.3, 0.4) is 0 Å². The summed E-state index contributed by atoms with van der Waals surface area (Å²) in [5.74, 6) is 0. The minimum atomic E-state index is 0.852. The summed E-state index contributed by atoms with van der Waals surface area (Å²) < 4.78 is 0. The van der Waals surface area contributed by atoms with Gasteiger partial charge in [0.05, 0.1) is 0 Å². The second kappa shape index (κ2) is 4.54. The highest BCUT2D eigenvalue weighted by atomic mass is 13.9. The van der Waals surface area contributed by atoms with Crippen molar-refractivity contribution in [2.45, 2.75) is 13.3 Å². The van der Waals surface area contributed by atoms with E-state index in [0.29, 0.717) is 0 Å². The van der Waals surface area contributed by atoms with Crippen LogP contribution < -0.4 is 0 Å². The zero-order valence-corrected chi connectivity index (χ0v) is 6.67. The van der Waals surface area contributed by atoms with E-state index in [2.05, 4.69) is 23.9 Å². The molecular formula is C11H11. The van der Waals surface area contributed by atoms with Crippen molar-refractivity contribution < 1.29 is 0 Å². The lowest BCUT2D eigenvalue weighted by atomic mass is 10.1. The van der Waals surface area contributed by atoms with E-state index < -0.39 is 0 Å². The van der Waals surface area contributed by atoms with E-state index >= 15 is 0 Å². The van der Waals surface area contributed by atoms with E-state index in [-0.39, 0.29) is 0 Å². The fourth-order valence-electron chi connectivity index (χ4n) is 0.851. The van der Waals surface area contributed by atoms with Gasteiger partial charge >= 0.3 is 0 Å². The van der Waals surface area contributed by atoms with E-state index in [0.717, 1.165) is 6.42 Å². The Labute approximate surface area is 67.9 Å². The summed E-state index contributed by atoms with van der Waals surface area (Å²) in [5.41, 5.74) is 4.20. The maximum Gasteiger partial charge on any atom is 0.00924 e. The molecule has 1 aromatic carbocycles. The summed E-state index contributed by atoms with van der Waals surface area (Å²) in [5, 5.41) is 0. The summed E-state index contributed by atoms with van der Waals surface area (Å²) in [6.45, 7) is 1.94. The lowest BCUT2D eigenvalue weighted by Gasteiger charge is -1.90. The van der Waals surface area contributed by atoms with E-state index in [9.17, 15) is 0 Å². The second-order valence-electron chi connectivity index (χ2n) is 2.27. The molecule has 1 radical (unpaired) electrons. The maximum absolute atomic E-state index is 3.05. The first-order valence-corrected chi connectivity index (χ1v) is 3.73. The van der Waals surface area contributed by atoms with Crippen LogP contribution in [0.15, 0.2) is 42.1 Å². The fourth-order valence-corrected chi connectivity index (χ4v) is 0.851. The van der Waals surface area contributed by atoms with Crippen LogP contribution in [0.1, 0.15) is 12.5 Å². The Morgan fingerprint density at radius 3 is 2.64 bits per heavy atom. The number of hydrogen-bond donors (Lipinski definition) is 0. The van der Waals surface area contributed by atoms with Crippen molar-refractivity contribution in [3.63, 3.8) is 0 Å². The van der Waals surface area contributed by atoms with Crippen molar-refractivity contribution in [1.82, 2.24) is 0 Å². The molecule has 0 N–H and O–H groups in total. The van der Waals surface area contributed by atoms with Gasteiger partial charge in [0.1, 0.15) is 0 Å². The molecule has 0 saturated carbocycles. The molecule has 0 aliphatic rings. The number of allylic oxidation sites excluding steroid dienone is 1. The van der Waals surface area contributed by atoms with Crippen LogP contribution >= 0.6 is 0 Å². The maximum atomic E-state index is 3.05. The summed E-state index contributed by atoms with van der Waals surface area (Å²) in [6, 6.07) is 10.3. The first-order valence-electron chi connectivity index (χ1n) is 3.73. The summed E-state index contributed by atoms with van der Waals surface area (Å²) in [4.78, 5) is 0. The van der Waals surface area contributed by atoms with Gasteiger partial charge in [-0.05, 0) is 18.6 Å². The molecule has 0 bridgehead atoms. The Hall–Kier alpha value is -1.26. The van der Waals surface area contributed by atoms with Gasteiger partial charge in [-0.2, -0.15) is 0 Å². The molecule has 0 heteroatoms. The molecule has 0 atom stereocenters. The molecule has 0 aliphatic heterocycles. The third-order valence-electron chi connectivity index (χ3n) is 1.38. The van der Waals surface area contributed by atoms with Crippen LogP contribution in [0.4, 0.5) is 0 Å². The molecule has 1 rings (SSSR count). The molecule has 0 aliphatic carbocycles. The third-order valence-corrected chi connectivity index (χ3v) is 1.38. The Morgan fingerprint density at radius 1 is 1.27 bits per heavy atom. The first-order chi connectivity index (χ1) is 5.43. The van der Waals surface area contributed by atoms with Gasteiger partial charge < -0.3 is 0 Å². The highest BCUT2D eigenvalue weighted by Gasteiger charge is 1.83. The van der Waals surface area contributed by atoms with Crippen LogP contribution in [0.2, 0.25) is 0 Å². The average molecular weight is 143 g/mol. The van der Waals surface area contributed by atoms with Gasteiger partial charge in [-0.25, -0.2) is 0 Å². The van der Waals surface area contributed by atoms with E-state index in [4.69, 9.17) is 0 Å². The zero-order chi connectivity index (χ0) is 7.94. The largest absolute Gasteiger partial charge is 0.121 e. The molecule has 0 fully saturated rings. The monoisotopic (exact) mass is 143 g/mol. The molecule has 0 heterocycles. The van der Waals surface area contributed by atoms with Crippen molar-refractivity contribution in [2.24, 2.45) is 0 Å². The van der Waals surface area contributed by atoms with Crippen molar-refractivity contribution in [2.75, 3.05) is 0 Å². The molecule has 55 valence electrons. The average Bonchev–Trinajstić information content (AvgIpc) is 2.07. The van der Waals surface area contributed by atoms with Gasteiger partial charge in [-0.3, -0.25) is 0 Å². The SMILES string of the molecule is CC=C=[C]Cc1ccccc1. The summed E-state index contributed by atoms with van der Waals surface area (Å²) >= 11 is 0. The quantitative estimate of drug-likeness (QED) is 0.558. The van der Waals surface area contributed by atoms with Crippen LogP contribution in [-0.4, -0.2) is 0 Å². The normalized spacial score (nSPS) is 8.45.